The highest BCUT2D eigenvalue weighted by atomic mass is 32.2. The maximum absolute atomic E-state index is 13.8. The van der Waals surface area contributed by atoms with Crippen molar-refractivity contribution in [2.45, 2.75) is 11.7 Å². The molecular weight excluding hydrogens is 289 g/mol. The molecule has 21 heavy (non-hydrogen) atoms. The Balaban J connectivity index is 2.09. The minimum absolute atomic E-state index is 0.229. The molecule has 2 aromatic heterocycles. The summed E-state index contributed by atoms with van der Waals surface area (Å²) in [4.78, 5) is 13.2. The maximum atomic E-state index is 13.8. The van der Waals surface area contributed by atoms with Crippen LogP contribution in [0, 0.1) is 5.82 Å². The zero-order chi connectivity index (χ0) is 14.8. The molecule has 3 aromatic rings. The van der Waals surface area contributed by atoms with Gasteiger partial charge in [0, 0.05) is 12.6 Å². The third-order valence-electron chi connectivity index (χ3n) is 3.16. The standard InChI is InChI=1S/C14H14FN5S/c1-16-12-11-13(19-14(18-12)21-2)20(8-17-11)7-9-5-3-4-6-10(9)15/h3-6,8H,7H2,1-2H3,(H,16,18,19). The van der Waals surface area contributed by atoms with Crippen LogP contribution in [-0.4, -0.2) is 32.8 Å². The molecule has 0 radical (unpaired) electrons. The molecule has 0 fully saturated rings. The van der Waals surface area contributed by atoms with E-state index in [4.69, 9.17) is 0 Å². The Morgan fingerprint density at radius 2 is 2.10 bits per heavy atom. The third-order valence-corrected chi connectivity index (χ3v) is 3.71. The number of nitrogens with one attached hydrogen (secondary N) is 1. The van der Waals surface area contributed by atoms with E-state index in [9.17, 15) is 4.39 Å². The molecular formula is C14H14FN5S. The number of rotatable bonds is 4. The molecule has 5 nitrogen and oxygen atoms in total. The van der Waals surface area contributed by atoms with Crippen molar-refractivity contribution in [3.05, 3.63) is 42.0 Å². The second kappa shape index (κ2) is 5.69. The molecule has 7 heteroatoms. The number of imidazole rings is 1. The topological polar surface area (TPSA) is 55.6 Å². The summed E-state index contributed by atoms with van der Waals surface area (Å²) >= 11 is 1.46. The monoisotopic (exact) mass is 303 g/mol. The Morgan fingerprint density at radius 1 is 1.29 bits per heavy atom. The summed E-state index contributed by atoms with van der Waals surface area (Å²) in [5.74, 6) is 0.448. The summed E-state index contributed by atoms with van der Waals surface area (Å²) in [6.45, 7) is 0.386. The SMILES string of the molecule is CNc1nc(SC)nc2c1ncn2Cc1ccccc1F. The Bertz CT molecular complexity index is 786. The third kappa shape index (κ3) is 2.56. The van der Waals surface area contributed by atoms with Gasteiger partial charge in [-0.3, -0.25) is 0 Å². The largest absolute Gasteiger partial charge is 0.371 e. The molecule has 0 saturated carbocycles. The molecule has 0 atom stereocenters. The van der Waals surface area contributed by atoms with Crippen molar-refractivity contribution >= 4 is 28.7 Å². The molecule has 108 valence electrons. The fourth-order valence-corrected chi connectivity index (χ4v) is 2.48. The van der Waals surface area contributed by atoms with Crippen molar-refractivity contribution in [3.63, 3.8) is 0 Å². The van der Waals surface area contributed by atoms with Crippen LogP contribution in [0.3, 0.4) is 0 Å². The van der Waals surface area contributed by atoms with Gasteiger partial charge in [-0.2, -0.15) is 0 Å². The van der Waals surface area contributed by atoms with Crippen LogP contribution in [0.1, 0.15) is 5.56 Å². The molecule has 0 aliphatic carbocycles. The maximum Gasteiger partial charge on any atom is 0.191 e. The van der Waals surface area contributed by atoms with Crippen LogP contribution < -0.4 is 5.32 Å². The smallest absolute Gasteiger partial charge is 0.191 e. The Labute approximate surface area is 125 Å². The molecule has 0 aliphatic heterocycles. The van der Waals surface area contributed by atoms with Crippen molar-refractivity contribution < 1.29 is 4.39 Å². The van der Waals surface area contributed by atoms with Crippen LogP contribution in [0.15, 0.2) is 35.7 Å². The van der Waals surface area contributed by atoms with E-state index < -0.39 is 0 Å². The highest BCUT2D eigenvalue weighted by Gasteiger charge is 2.13. The first-order chi connectivity index (χ1) is 10.2. The lowest BCUT2D eigenvalue weighted by atomic mass is 10.2. The van der Waals surface area contributed by atoms with E-state index >= 15 is 0 Å². The van der Waals surface area contributed by atoms with E-state index in [0.717, 1.165) is 0 Å². The molecule has 0 amide bonds. The first kappa shape index (κ1) is 13.8. The van der Waals surface area contributed by atoms with Crippen molar-refractivity contribution in [1.29, 1.82) is 0 Å². The van der Waals surface area contributed by atoms with Gasteiger partial charge in [-0.15, -0.1) is 0 Å². The number of nitrogens with zero attached hydrogens (tertiary/aromatic N) is 4. The van der Waals surface area contributed by atoms with Gasteiger partial charge in [0.15, 0.2) is 22.1 Å². The van der Waals surface area contributed by atoms with Gasteiger partial charge < -0.3 is 9.88 Å². The van der Waals surface area contributed by atoms with E-state index in [1.807, 2.05) is 16.9 Å². The van der Waals surface area contributed by atoms with Gasteiger partial charge >= 0.3 is 0 Å². The molecule has 1 N–H and O–H groups in total. The summed E-state index contributed by atoms with van der Waals surface area (Å²) in [6, 6.07) is 6.71. The lowest BCUT2D eigenvalue weighted by molar-refractivity contribution is 0.601. The zero-order valence-electron chi connectivity index (χ0n) is 11.7. The second-order valence-electron chi connectivity index (χ2n) is 4.45. The van der Waals surface area contributed by atoms with E-state index in [2.05, 4.69) is 20.3 Å². The number of halogens is 1. The van der Waals surface area contributed by atoms with Gasteiger partial charge in [0.1, 0.15) is 5.82 Å². The number of aromatic nitrogens is 4. The van der Waals surface area contributed by atoms with Crippen molar-refractivity contribution in [2.24, 2.45) is 0 Å². The first-order valence-corrected chi connectivity index (χ1v) is 7.63. The van der Waals surface area contributed by atoms with Gasteiger partial charge in [0.05, 0.1) is 12.9 Å². The summed E-state index contributed by atoms with van der Waals surface area (Å²) in [6.07, 6.45) is 3.58. The highest BCUT2D eigenvalue weighted by molar-refractivity contribution is 7.98. The van der Waals surface area contributed by atoms with E-state index in [0.29, 0.717) is 34.2 Å². The number of thioether (sulfide) groups is 1. The Morgan fingerprint density at radius 3 is 2.81 bits per heavy atom. The Hall–Kier alpha value is -2.15. The first-order valence-electron chi connectivity index (χ1n) is 6.41. The number of hydrogen-bond acceptors (Lipinski definition) is 5. The molecule has 2 heterocycles. The van der Waals surface area contributed by atoms with E-state index in [1.165, 1.54) is 17.8 Å². The quantitative estimate of drug-likeness (QED) is 0.593. The van der Waals surface area contributed by atoms with Crippen LogP contribution in [0.2, 0.25) is 0 Å². The van der Waals surface area contributed by atoms with Crippen LogP contribution in [-0.2, 0) is 6.54 Å². The van der Waals surface area contributed by atoms with Crippen molar-refractivity contribution in [1.82, 2.24) is 19.5 Å². The van der Waals surface area contributed by atoms with Gasteiger partial charge in [0.2, 0.25) is 0 Å². The minimum Gasteiger partial charge on any atom is -0.371 e. The van der Waals surface area contributed by atoms with Gasteiger partial charge in [-0.05, 0) is 12.3 Å². The molecule has 0 unspecified atom stereocenters. The fraction of sp³-hybridized carbons (Fsp3) is 0.214. The van der Waals surface area contributed by atoms with Crippen LogP contribution >= 0.6 is 11.8 Å². The number of hydrogen-bond donors (Lipinski definition) is 1. The predicted octanol–water partition coefficient (Wildman–Crippen LogP) is 2.78. The van der Waals surface area contributed by atoms with Gasteiger partial charge in [-0.1, -0.05) is 30.0 Å². The number of anilines is 1. The summed E-state index contributed by atoms with van der Waals surface area (Å²) in [5.41, 5.74) is 1.99. The molecule has 0 spiro atoms. The lowest BCUT2D eigenvalue weighted by Gasteiger charge is -2.07. The van der Waals surface area contributed by atoms with E-state index in [1.54, 1.807) is 25.5 Å². The average molecular weight is 303 g/mol. The molecule has 0 bridgehead atoms. The summed E-state index contributed by atoms with van der Waals surface area (Å²) < 4.78 is 15.6. The van der Waals surface area contributed by atoms with Crippen LogP contribution in [0.25, 0.3) is 11.2 Å². The van der Waals surface area contributed by atoms with Crippen molar-refractivity contribution in [3.8, 4) is 0 Å². The fourth-order valence-electron chi connectivity index (χ4n) is 2.12. The highest BCUT2D eigenvalue weighted by Crippen LogP contribution is 2.23. The predicted molar refractivity (Wildman–Crippen MR) is 82.2 cm³/mol. The second-order valence-corrected chi connectivity index (χ2v) is 5.22. The molecule has 0 saturated heterocycles. The molecule has 3 rings (SSSR count). The van der Waals surface area contributed by atoms with Gasteiger partial charge in [0.25, 0.3) is 0 Å². The lowest BCUT2D eigenvalue weighted by Crippen LogP contribution is -2.03. The van der Waals surface area contributed by atoms with E-state index in [-0.39, 0.29) is 5.82 Å². The van der Waals surface area contributed by atoms with Crippen LogP contribution in [0.5, 0.6) is 0 Å². The normalized spacial score (nSPS) is 11.0. The number of fused-ring (bicyclic) bond motifs is 1. The Kier molecular flexibility index (Phi) is 3.74. The van der Waals surface area contributed by atoms with Crippen molar-refractivity contribution in [2.75, 3.05) is 18.6 Å². The van der Waals surface area contributed by atoms with Crippen LogP contribution in [0.4, 0.5) is 10.2 Å². The van der Waals surface area contributed by atoms with Gasteiger partial charge in [-0.25, -0.2) is 19.3 Å². The molecule has 0 aliphatic rings. The zero-order valence-corrected chi connectivity index (χ0v) is 12.5. The number of benzene rings is 1. The molecule has 1 aromatic carbocycles. The average Bonchev–Trinajstić information content (AvgIpc) is 2.91. The minimum atomic E-state index is -0.229. The summed E-state index contributed by atoms with van der Waals surface area (Å²) in [7, 11) is 1.79. The summed E-state index contributed by atoms with van der Waals surface area (Å²) in [5, 5.41) is 3.67.